The number of esters is 1. The molecule has 0 spiro atoms. The molecule has 0 aliphatic heterocycles. The fourth-order valence-corrected chi connectivity index (χ4v) is 3.60. The van der Waals surface area contributed by atoms with Crippen molar-refractivity contribution in [3.05, 3.63) is 70.8 Å². The Hall–Kier alpha value is -2.62. The molecular formula is C23H26O4. The minimum Gasteiger partial charge on any atom is -0.478 e. The van der Waals surface area contributed by atoms with Crippen LogP contribution in [0.15, 0.2) is 48.5 Å². The molecule has 2 aliphatic carbocycles. The van der Waals surface area contributed by atoms with Gasteiger partial charge < -0.3 is 9.84 Å². The summed E-state index contributed by atoms with van der Waals surface area (Å²) in [5.74, 6) is -1.64. The smallest absolute Gasteiger partial charge is 0.339 e. The molecule has 0 atom stereocenters. The van der Waals surface area contributed by atoms with Gasteiger partial charge in [0.1, 0.15) is 6.10 Å². The van der Waals surface area contributed by atoms with Crippen LogP contribution in [0.4, 0.5) is 0 Å². The molecule has 4 rings (SSSR count). The van der Waals surface area contributed by atoms with Crippen molar-refractivity contribution < 1.29 is 19.4 Å². The molecule has 2 aromatic rings. The Kier molecular flexibility index (Phi) is 6.64. The second-order valence-corrected chi connectivity index (χ2v) is 7.19. The number of carboxylic acid groups (broad SMARTS) is 1. The van der Waals surface area contributed by atoms with E-state index in [1.54, 1.807) is 12.1 Å². The maximum Gasteiger partial charge on any atom is 0.339 e. The van der Waals surface area contributed by atoms with E-state index in [1.807, 2.05) is 0 Å². The molecule has 0 fully saturated rings. The molecular weight excluding hydrogens is 340 g/mol. The monoisotopic (exact) mass is 366 g/mol. The molecule has 0 radical (unpaired) electrons. The topological polar surface area (TPSA) is 63.6 Å². The van der Waals surface area contributed by atoms with Crippen LogP contribution in [0.5, 0.6) is 0 Å². The van der Waals surface area contributed by atoms with Crippen LogP contribution in [-0.2, 0) is 17.6 Å². The number of ether oxygens (including phenoxy) is 1. The van der Waals surface area contributed by atoms with Gasteiger partial charge >= 0.3 is 11.9 Å². The standard InChI is InChI=1S/C23H26O4/c24-22(25)20-11-5-6-12-21(20)23(26)27-19-9-3-1-7-17-13-15-18(16-14-17)8-2-4-10-19/h5-6,11-16,19H,1-4,7-10H2,(H,24,25). The minimum atomic E-state index is -1.11. The van der Waals surface area contributed by atoms with Crippen LogP contribution in [0.3, 0.4) is 0 Å². The van der Waals surface area contributed by atoms with E-state index in [-0.39, 0.29) is 17.2 Å². The van der Waals surface area contributed by atoms with E-state index in [9.17, 15) is 14.7 Å². The second kappa shape index (κ2) is 9.36. The van der Waals surface area contributed by atoms with Crippen molar-refractivity contribution in [2.24, 2.45) is 0 Å². The summed E-state index contributed by atoms with van der Waals surface area (Å²) >= 11 is 0. The number of fused-ring (bicyclic) bond motifs is 10. The first-order chi connectivity index (χ1) is 13.1. The highest BCUT2D eigenvalue weighted by Crippen LogP contribution is 2.20. The average Bonchev–Trinajstić information content (AvgIpc) is 2.71. The van der Waals surface area contributed by atoms with Crippen molar-refractivity contribution in [3.8, 4) is 0 Å². The van der Waals surface area contributed by atoms with Crippen molar-refractivity contribution >= 4 is 11.9 Å². The first-order valence-electron chi connectivity index (χ1n) is 9.74. The van der Waals surface area contributed by atoms with Crippen LogP contribution < -0.4 is 0 Å². The number of carboxylic acids is 1. The van der Waals surface area contributed by atoms with Gasteiger partial charge in [-0.1, -0.05) is 36.4 Å². The highest BCUT2D eigenvalue weighted by Gasteiger charge is 2.21. The molecule has 0 aromatic heterocycles. The van der Waals surface area contributed by atoms with E-state index in [2.05, 4.69) is 24.3 Å². The lowest BCUT2D eigenvalue weighted by Crippen LogP contribution is -2.20. The highest BCUT2D eigenvalue weighted by molar-refractivity contribution is 6.02. The van der Waals surface area contributed by atoms with E-state index < -0.39 is 11.9 Å². The Morgan fingerprint density at radius 3 is 1.81 bits per heavy atom. The molecule has 2 aliphatic rings. The molecule has 2 aromatic carbocycles. The summed E-state index contributed by atoms with van der Waals surface area (Å²) < 4.78 is 5.73. The van der Waals surface area contributed by atoms with Gasteiger partial charge in [0.25, 0.3) is 0 Å². The summed E-state index contributed by atoms with van der Waals surface area (Å²) in [6.45, 7) is 0. The lowest BCUT2D eigenvalue weighted by atomic mass is 10.0. The van der Waals surface area contributed by atoms with Gasteiger partial charge in [0.15, 0.2) is 0 Å². The predicted octanol–water partition coefficient (Wildman–Crippen LogP) is 5.05. The Labute approximate surface area is 160 Å². The zero-order valence-corrected chi connectivity index (χ0v) is 15.5. The third kappa shape index (κ3) is 5.43. The Bertz CT molecular complexity index is 748. The number of aromatic carboxylic acids is 1. The Morgan fingerprint density at radius 2 is 1.30 bits per heavy atom. The van der Waals surface area contributed by atoms with Crippen LogP contribution in [0.2, 0.25) is 0 Å². The van der Waals surface area contributed by atoms with Gasteiger partial charge in [-0.05, 0) is 74.6 Å². The van der Waals surface area contributed by atoms with Gasteiger partial charge in [-0.25, -0.2) is 9.59 Å². The molecule has 0 heterocycles. The third-order valence-electron chi connectivity index (χ3n) is 5.16. The maximum atomic E-state index is 12.6. The number of hydrogen-bond donors (Lipinski definition) is 1. The summed E-state index contributed by atoms with van der Waals surface area (Å²) in [6, 6.07) is 15.1. The molecule has 0 unspecified atom stereocenters. The molecule has 1 N–H and O–H groups in total. The zero-order valence-electron chi connectivity index (χ0n) is 15.5. The van der Waals surface area contributed by atoms with E-state index in [1.165, 1.54) is 23.3 Å². The van der Waals surface area contributed by atoms with Crippen molar-refractivity contribution in [2.45, 2.75) is 57.5 Å². The lowest BCUT2D eigenvalue weighted by molar-refractivity contribution is 0.0245. The fraction of sp³-hybridized carbons (Fsp3) is 0.391. The van der Waals surface area contributed by atoms with Crippen molar-refractivity contribution in [3.63, 3.8) is 0 Å². The van der Waals surface area contributed by atoms with Gasteiger partial charge in [-0.2, -0.15) is 0 Å². The fourth-order valence-electron chi connectivity index (χ4n) is 3.60. The van der Waals surface area contributed by atoms with E-state index in [0.29, 0.717) is 0 Å². The molecule has 0 saturated carbocycles. The zero-order chi connectivity index (χ0) is 19.1. The van der Waals surface area contributed by atoms with Gasteiger partial charge in [-0.3, -0.25) is 0 Å². The molecule has 142 valence electrons. The number of benzene rings is 2. The molecule has 2 bridgehead atoms. The van der Waals surface area contributed by atoms with Crippen LogP contribution in [0, 0.1) is 0 Å². The van der Waals surface area contributed by atoms with E-state index in [0.717, 1.165) is 51.4 Å². The summed E-state index contributed by atoms with van der Waals surface area (Å²) in [6.07, 6.45) is 7.62. The van der Waals surface area contributed by atoms with Crippen LogP contribution in [0.1, 0.15) is 70.4 Å². The van der Waals surface area contributed by atoms with Gasteiger partial charge in [0.2, 0.25) is 0 Å². The van der Waals surface area contributed by atoms with Crippen LogP contribution >= 0.6 is 0 Å². The summed E-state index contributed by atoms with van der Waals surface area (Å²) in [7, 11) is 0. The van der Waals surface area contributed by atoms with Gasteiger partial charge in [-0.15, -0.1) is 0 Å². The molecule has 0 saturated heterocycles. The maximum absolute atomic E-state index is 12.6. The largest absolute Gasteiger partial charge is 0.478 e. The molecule has 4 heteroatoms. The number of carbonyl (C=O) groups excluding carboxylic acids is 1. The molecule has 0 amide bonds. The van der Waals surface area contributed by atoms with Crippen LogP contribution in [-0.4, -0.2) is 23.1 Å². The molecule has 4 nitrogen and oxygen atoms in total. The highest BCUT2D eigenvalue weighted by atomic mass is 16.5. The first-order valence-corrected chi connectivity index (χ1v) is 9.74. The third-order valence-corrected chi connectivity index (χ3v) is 5.16. The minimum absolute atomic E-state index is 0.00587. The van der Waals surface area contributed by atoms with Gasteiger partial charge in [0, 0.05) is 0 Å². The van der Waals surface area contributed by atoms with Crippen LogP contribution in [0.25, 0.3) is 0 Å². The summed E-state index contributed by atoms with van der Waals surface area (Å²) in [5.41, 5.74) is 2.82. The summed E-state index contributed by atoms with van der Waals surface area (Å²) in [4.78, 5) is 23.9. The molecule has 27 heavy (non-hydrogen) atoms. The number of aryl methyl sites for hydroxylation is 2. The van der Waals surface area contributed by atoms with Crippen molar-refractivity contribution in [2.75, 3.05) is 0 Å². The number of rotatable bonds is 3. The van der Waals surface area contributed by atoms with E-state index >= 15 is 0 Å². The van der Waals surface area contributed by atoms with Crippen molar-refractivity contribution in [1.29, 1.82) is 0 Å². The normalized spacial score (nSPS) is 16.0. The SMILES string of the molecule is O=C(O)c1ccccc1C(=O)OC1CCCCc2ccc(cc2)CCCC1. The lowest BCUT2D eigenvalue weighted by Gasteiger charge is -2.18. The number of hydrogen-bond acceptors (Lipinski definition) is 3. The first kappa shape index (κ1) is 19.2. The Morgan fingerprint density at radius 1 is 0.778 bits per heavy atom. The predicted molar refractivity (Wildman–Crippen MR) is 104 cm³/mol. The number of carbonyl (C=O) groups is 2. The summed E-state index contributed by atoms with van der Waals surface area (Å²) in [5, 5.41) is 9.29. The second-order valence-electron chi connectivity index (χ2n) is 7.19. The van der Waals surface area contributed by atoms with E-state index in [4.69, 9.17) is 4.74 Å². The van der Waals surface area contributed by atoms with Gasteiger partial charge in [0.05, 0.1) is 11.1 Å². The average molecular weight is 366 g/mol. The van der Waals surface area contributed by atoms with Crippen molar-refractivity contribution in [1.82, 2.24) is 0 Å². The Balaban J connectivity index is 1.64. The quantitative estimate of drug-likeness (QED) is 0.772.